The molecule has 1 fully saturated rings. The first kappa shape index (κ1) is 19.9. The number of aromatic nitrogens is 1. The van der Waals surface area contributed by atoms with Crippen molar-refractivity contribution in [2.24, 2.45) is 0 Å². The Bertz CT molecular complexity index is 1270. The fraction of sp³-hybridized carbons (Fsp3) is 0. The van der Waals surface area contributed by atoms with Crippen LogP contribution < -0.4 is 0 Å². The van der Waals surface area contributed by atoms with E-state index in [0.717, 1.165) is 22.0 Å². The standard InChI is InChI=1S/C20H10N4O3S3/c21-10-13(18-22-15-3-1-2-4-16(15)29-18)11-23-19(25)17(30-20(23)28)9-12-5-7-14(8-6-12)24(26)27/h1-9,11H/b13-11-,17-9+. The summed E-state index contributed by atoms with van der Waals surface area (Å²) in [6, 6.07) is 15.5. The van der Waals surface area contributed by atoms with Crippen LogP contribution in [0.1, 0.15) is 10.6 Å². The number of hydrogen-bond acceptors (Lipinski definition) is 8. The van der Waals surface area contributed by atoms with Gasteiger partial charge in [0.15, 0.2) is 4.32 Å². The number of thiazole rings is 1. The van der Waals surface area contributed by atoms with Gasteiger partial charge in [-0.1, -0.05) is 36.1 Å². The first-order valence-electron chi connectivity index (χ1n) is 8.45. The minimum atomic E-state index is -0.487. The number of nitrogens with zero attached hydrogens (tertiary/aromatic N) is 4. The van der Waals surface area contributed by atoms with Crippen molar-refractivity contribution in [2.45, 2.75) is 0 Å². The number of fused-ring (bicyclic) bond motifs is 1. The molecule has 0 spiro atoms. The number of carbonyl (C=O) groups is 1. The molecule has 30 heavy (non-hydrogen) atoms. The number of nitro benzene ring substituents is 1. The van der Waals surface area contributed by atoms with Gasteiger partial charge in [0, 0.05) is 18.3 Å². The van der Waals surface area contributed by atoms with Crippen LogP contribution in [0.4, 0.5) is 5.69 Å². The number of nitro groups is 1. The minimum absolute atomic E-state index is 0.0304. The number of amides is 1. The van der Waals surface area contributed by atoms with Gasteiger partial charge >= 0.3 is 0 Å². The molecule has 1 aliphatic heterocycles. The zero-order chi connectivity index (χ0) is 21.3. The van der Waals surface area contributed by atoms with Crippen molar-refractivity contribution < 1.29 is 9.72 Å². The number of thioether (sulfide) groups is 1. The Balaban J connectivity index is 1.63. The fourth-order valence-corrected chi connectivity index (χ4v) is 4.82. The topological polar surface area (TPSA) is 100 Å². The second-order valence-electron chi connectivity index (χ2n) is 6.04. The molecule has 0 bridgehead atoms. The average Bonchev–Trinajstić information content (AvgIpc) is 3.28. The molecule has 0 aliphatic carbocycles. The van der Waals surface area contributed by atoms with Gasteiger partial charge in [0.05, 0.1) is 20.0 Å². The van der Waals surface area contributed by atoms with Crippen LogP contribution in [0.15, 0.2) is 59.6 Å². The van der Waals surface area contributed by atoms with Gasteiger partial charge in [-0.05, 0) is 35.9 Å². The molecule has 146 valence electrons. The van der Waals surface area contributed by atoms with Crippen LogP contribution >= 0.6 is 35.3 Å². The lowest BCUT2D eigenvalue weighted by Gasteiger charge is -2.08. The molecule has 7 nitrogen and oxygen atoms in total. The van der Waals surface area contributed by atoms with E-state index >= 15 is 0 Å². The second-order valence-corrected chi connectivity index (χ2v) is 8.75. The van der Waals surface area contributed by atoms with Crippen molar-refractivity contribution >= 4 is 73.1 Å². The number of non-ortho nitro benzene ring substituents is 1. The molecule has 0 unspecified atom stereocenters. The predicted molar refractivity (Wildman–Crippen MR) is 121 cm³/mol. The Labute approximate surface area is 184 Å². The molecular weight excluding hydrogens is 440 g/mol. The number of thiocarbonyl (C=S) groups is 1. The predicted octanol–water partition coefficient (Wildman–Crippen LogP) is 4.97. The van der Waals surface area contributed by atoms with Gasteiger partial charge in [0.1, 0.15) is 16.6 Å². The normalized spacial score (nSPS) is 15.8. The highest BCUT2D eigenvalue weighted by Gasteiger charge is 2.31. The number of allylic oxidation sites excluding steroid dienone is 1. The van der Waals surface area contributed by atoms with Gasteiger partial charge in [0.25, 0.3) is 11.6 Å². The molecule has 1 aliphatic rings. The van der Waals surface area contributed by atoms with E-state index < -0.39 is 4.92 Å². The van der Waals surface area contributed by atoms with Crippen molar-refractivity contribution in [2.75, 3.05) is 0 Å². The molecule has 0 radical (unpaired) electrons. The van der Waals surface area contributed by atoms with E-state index in [1.165, 1.54) is 34.6 Å². The lowest BCUT2D eigenvalue weighted by atomic mass is 10.2. The van der Waals surface area contributed by atoms with Gasteiger partial charge < -0.3 is 0 Å². The zero-order valence-electron chi connectivity index (χ0n) is 15.0. The molecule has 4 rings (SSSR count). The second kappa shape index (κ2) is 8.16. The molecule has 0 saturated carbocycles. The summed E-state index contributed by atoms with van der Waals surface area (Å²) in [6.45, 7) is 0. The van der Waals surface area contributed by atoms with Crippen LogP contribution in [0.25, 0.3) is 21.9 Å². The van der Waals surface area contributed by atoms with Gasteiger partial charge in [-0.15, -0.1) is 11.3 Å². The van der Waals surface area contributed by atoms with Crippen molar-refractivity contribution in [3.8, 4) is 6.07 Å². The quantitative estimate of drug-likeness (QED) is 0.182. The van der Waals surface area contributed by atoms with Gasteiger partial charge in [0.2, 0.25) is 0 Å². The highest BCUT2D eigenvalue weighted by atomic mass is 32.2. The van der Waals surface area contributed by atoms with E-state index in [1.54, 1.807) is 18.2 Å². The number of nitriles is 1. The Hall–Kier alpha value is -3.39. The first-order valence-corrected chi connectivity index (χ1v) is 10.5. The van der Waals surface area contributed by atoms with Crippen molar-refractivity contribution in [3.05, 3.63) is 80.3 Å². The summed E-state index contributed by atoms with van der Waals surface area (Å²) in [7, 11) is 0. The molecule has 2 heterocycles. The summed E-state index contributed by atoms with van der Waals surface area (Å²) in [6.07, 6.45) is 3.02. The Morgan fingerprint density at radius 1 is 1.23 bits per heavy atom. The van der Waals surface area contributed by atoms with Crippen LogP contribution in [0.2, 0.25) is 0 Å². The largest absolute Gasteiger partial charge is 0.270 e. The zero-order valence-corrected chi connectivity index (χ0v) is 17.5. The first-order chi connectivity index (χ1) is 14.5. The number of hydrogen-bond donors (Lipinski definition) is 0. The SMILES string of the molecule is N#C/C(=C/N1C(=O)/C(=C\c2ccc([N+](=O)[O-])cc2)SC1=S)c1nc2ccccc2s1. The maximum absolute atomic E-state index is 12.8. The summed E-state index contributed by atoms with van der Waals surface area (Å²) in [5.74, 6) is -0.364. The summed E-state index contributed by atoms with van der Waals surface area (Å²) in [4.78, 5) is 29.2. The van der Waals surface area contributed by atoms with Crippen molar-refractivity contribution in [3.63, 3.8) is 0 Å². The van der Waals surface area contributed by atoms with Crippen LogP contribution in [-0.4, -0.2) is 25.0 Å². The summed E-state index contributed by atoms with van der Waals surface area (Å²) < 4.78 is 1.24. The number of carbonyl (C=O) groups excluding carboxylic acids is 1. The third kappa shape index (κ3) is 3.86. The highest BCUT2D eigenvalue weighted by Crippen LogP contribution is 2.35. The molecule has 0 N–H and O–H groups in total. The van der Waals surface area contributed by atoms with E-state index in [4.69, 9.17) is 12.2 Å². The molecule has 1 amide bonds. The van der Waals surface area contributed by atoms with Gasteiger partial charge in [-0.2, -0.15) is 5.26 Å². The van der Waals surface area contributed by atoms with E-state index in [0.29, 0.717) is 19.8 Å². The van der Waals surface area contributed by atoms with E-state index in [2.05, 4.69) is 11.1 Å². The number of para-hydroxylation sites is 1. The molecule has 1 aromatic heterocycles. The Morgan fingerprint density at radius 3 is 2.63 bits per heavy atom. The smallest absolute Gasteiger partial charge is 0.268 e. The highest BCUT2D eigenvalue weighted by molar-refractivity contribution is 8.26. The van der Waals surface area contributed by atoms with Crippen LogP contribution in [0, 0.1) is 21.4 Å². The van der Waals surface area contributed by atoms with Gasteiger partial charge in [-0.3, -0.25) is 19.8 Å². The molecule has 10 heteroatoms. The lowest BCUT2D eigenvalue weighted by molar-refractivity contribution is -0.384. The van der Waals surface area contributed by atoms with E-state index in [-0.39, 0.29) is 17.2 Å². The summed E-state index contributed by atoms with van der Waals surface area (Å²) >= 11 is 7.78. The minimum Gasteiger partial charge on any atom is -0.268 e. The third-order valence-electron chi connectivity index (χ3n) is 4.13. The fourth-order valence-electron chi connectivity index (χ4n) is 2.68. The lowest BCUT2D eigenvalue weighted by Crippen LogP contribution is -2.22. The molecule has 2 aromatic carbocycles. The summed E-state index contributed by atoms with van der Waals surface area (Å²) in [5, 5.41) is 20.9. The number of rotatable bonds is 4. The van der Waals surface area contributed by atoms with Crippen LogP contribution in [-0.2, 0) is 4.79 Å². The molecular formula is C20H10N4O3S3. The summed E-state index contributed by atoms with van der Waals surface area (Å²) in [5.41, 5.74) is 1.63. The van der Waals surface area contributed by atoms with E-state index in [9.17, 15) is 20.2 Å². The van der Waals surface area contributed by atoms with Crippen LogP contribution in [0.3, 0.4) is 0 Å². The monoisotopic (exact) mass is 450 g/mol. The van der Waals surface area contributed by atoms with Crippen molar-refractivity contribution in [1.29, 1.82) is 5.26 Å². The van der Waals surface area contributed by atoms with Crippen molar-refractivity contribution in [1.82, 2.24) is 9.88 Å². The van der Waals surface area contributed by atoms with Gasteiger partial charge in [-0.25, -0.2) is 4.98 Å². The Morgan fingerprint density at radius 2 is 1.97 bits per heavy atom. The average molecular weight is 451 g/mol. The maximum Gasteiger partial charge on any atom is 0.270 e. The third-order valence-corrected chi connectivity index (χ3v) is 6.53. The number of benzene rings is 2. The van der Waals surface area contributed by atoms with E-state index in [1.807, 2.05) is 24.3 Å². The van der Waals surface area contributed by atoms with Crippen LogP contribution in [0.5, 0.6) is 0 Å². The Kier molecular flexibility index (Phi) is 5.41. The molecule has 0 atom stereocenters. The maximum atomic E-state index is 12.8. The molecule has 1 saturated heterocycles. The molecule has 3 aromatic rings.